The van der Waals surface area contributed by atoms with Crippen LogP contribution in [0.2, 0.25) is 0 Å². The Morgan fingerprint density at radius 3 is 2.33 bits per heavy atom. The van der Waals surface area contributed by atoms with Gasteiger partial charge in [0.15, 0.2) is 0 Å². The Kier molecular flexibility index (Phi) is 5.11. The first kappa shape index (κ1) is 11.0. The second-order valence-corrected chi connectivity index (χ2v) is 2.74. The van der Waals surface area contributed by atoms with E-state index in [1.807, 2.05) is 19.1 Å². The third-order valence-electron chi connectivity index (χ3n) is 1.96. The maximum absolute atomic E-state index is 3.98. The molecule has 0 spiro atoms. The lowest BCUT2D eigenvalue weighted by atomic mass is 10.0. The summed E-state index contributed by atoms with van der Waals surface area (Å²) in [6, 6.07) is 0. The molecule has 0 aromatic heterocycles. The zero-order valence-electron chi connectivity index (χ0n) is 8.35. The first-order valence-electron chi connectivity index (χ1n) is 4.31. The van der Waals surface area contributed by atoms with Crippen molar-refractivity contribution >= 4 is 0 Å². The van der Waals surface area contributed by atoms with Crippen LogP contribution in [0.25, 0.3) is 0 Å². The lowest BCUT2D eigenvalue weighted by Crippen LogP contribution is -1.85. The van der Waals surface area contributed by atoms with Crippen LogP contribution >= 0.6 is 0 Å². The molecule has 0 N–H and O–H groups in total. The third kappa shape index (κ3) is 2.91. The molecule has 12 heavy (non-hydrogen) atoms. The summed E-state index contributed by atoms with van der Waals surface area (Å²) >= 11 is 0. The van der Waals surface area contributed by atoms with E-state index in [1.54, 1.807) is 0 Å². The minimum absolute atomic E-state index is 1.00. The van der Waals surface area contributed by atoms with E-state index >= 15 is 0 Å². The number of hydrogen-bond acceptors (Lipinski definition) is 0. The van der Waals surface area contributed by atoms with Crippen LogP contribution in [-0.2, 0) is 0 Å². The van der Waals surface area contributed by atoms with Crippen molar-refractivity contribution in [2.45, 2.75) is 27.2 Å². The van der Waals surface area contributed by atoms with Crippen molar-refractivity contribution in [3.8, 4) is 0 Å². The molecule has 0 bridgehead atoms. The highest BCUT2D eigenvalue weighted by atomic mass is 14.0. The van der Waals surface area contributed by atoms with Gasteiger partial charge in [-0.2, -0.15) is 0 Å². The minimum atomic E-state index is 1.00. The Hall–Kier alpha value is -1.04. The van der Waals surface area contributed by atoms with Crippen LogP contribution in [0.3, 0.4) is 0 Å². The Balaban J connectivity index is 4.83. The van der Waals surface area contributed by atoms with Crippen LogP contribution in [-0.4, -0.2) is 0 Å². The average Bonchev–Trinajstić information content (AvgIpc) is 2.11. The van der Waals surface area contributed by atoms with E-state index in [2.05, 4.69) is 33.1 Å². The first-order chi connectivity index (χ1) is 5.67. The van der Waals surface area contributed by atoms with Gasteiger partial charge in [-0.3, -0.25) is 0 Å². The Labute approximate surface area is 76.0 Å². The molecule has 0 unspecified atom stereocenters. The van der Waals surface area contributed by atoms with E-state index in [1.165, 1.54) is 16.7 Å². The maximum Gasteiger partial charge on any atom is -0.0234 e. The standard InChI is InChI=1S/C12H18/c1-6-9-12(8-3)11(5)10(4)7-2/h6,8-9H,3-4,7H2,1-2,5H3/b9-6-,12-11-. The molecule has 0 saturated carbocycles. The molecule has 0 radical (unpaired) electrons. The summed E-state index contributed by atoms with van der Waals surface area (Å²) in [5, 5.41) is 0. The molecule has 66 valence electrons. The molecule has 0 aliphatic rings. The van der Waals surface area contributed by atoms with Crippen molar-refractivity contribution in [1.82, 2.24) is 0 Å². The molecular weight excluding hydrogens is 144 g/mol. The van der Waals surface area contributed by atoms with Gasteiger partial charge in [0.1, 0.15) is 0 Å². The van der Waals surface area contributed by atoms with Gasteiger partial charge in [-0.05, 0) is 31.4 Å². The van der Waals surface area contributed by atoms with E-state index in [9.17, 15) is 0 Å². The monoisotopic (exact) mass is 162 g/mol. The van der Waals surface area contributed by atoms with Crippen LogP contribution in [0.5, 0.6) is 0 Å². The SMILES string of the molecule is C=CC(/C=C\C)=C(\C)C(=C)CC. The van der Waals surface area contributed by atoms with Gasteiger partial charge in [-0.1, -0.05) is 43.9 Å². The van der Waals surface area contributed by atoms with Gasteiger partial charge in [0, 0.05) is 0 Å². The predicted octanol–water partition coefficient (Wildman–Crippen LogP) is 4.03. The number of hydrogen-bond donors (Lipinski definition) is 0. The van der Waals surface area contributed by atoms with Gasteiger partial charge in [0.25, 0.3) is 0 Å². The zero-order chi connectivity index (χ0) is 9.56. The highest BCUT2D eigenvalue weighted by molar-refractivity contribution is 5.42. The van der Waals surface area contributed by atoms with Crippen LogP contribution in [0, 0.1) is 0 Å². The third-order valence-corrected chi connectivity index (χ3v) is 1.96. The van der Waals surface area contributed by atoms with Crippen molar-refractivity contribution in [3.63, 3.8) is 0 Å². The summed E-state index contributed by atoms with van der Waals surface area (Å²) < 4.78 is 0. The molecule has 0 amide bonds. The van der Waals surface area contributed by atoms with E-state index < -0.39 is 0 Å². The fourth-order valence-corrected chi connectivity index (χ4v) is 0.995. The topological polar surface area (TPSA) is 0 Å². The van der Waals surface area contributed by atoms with Gasteiger partial charge in [0.2, 0.25) is 0 Å². The normalized spacial score (nSPS) is 12.9. The summed E-state index contributed by atoms with van der Waals surface area (Å²) in [5.74, 6) is 0. The molecule has 0 aromatic rings. The highest BCUT2D eigenvalue weighted by Gasteiger charge is 1.97. The molecule has 0 heteroatoms. The van der Waals surface area contributed by atoms with E-state index in [0.29, 0.717) is 0 Å². The Morgan fingerprint density at radius 1 is 1.42 bits per heavy atom. The molecule has 0 rings (SSSR count). The zero-order valence-corrected chi connectivity index (χ0v) is 8.35. The predicted molar refractivity (Wildman–Crippen MR) is 57.1 cm³/mol. The average molecular weight is 162 g/mol. The van der Waals surface area contributed by atoms with Crippen molar-refractivity contribution in [2.24, 2.45) is 0 Å². The van der Waals surface area contributed by atoms with Gasteiger partial charge in [-0.25, -0.2) is 0 Å². The molecule has 0 nitrogen and oxygen atoms in total. The van der Waals surface area contributed by atoms with Crippen LogP contribution in [0.15, 0.2) is 48.1 Å². The second kappa shape index (κ2) is 5.59. The van der Waals surface area contributed by atoms with Crippen molar-refractivity contribution in [2.75, 3.05) is 0 Å². The van der Waals surface area contributed by atoms with E-state index in [0.717, 1.165) is 6.42 Å². The van der Waals surface area contributed by atoms with E-state index in [-0.39, 0.29) is 0 Å². The highest BCUT2D eigenvalue weighted by Crippen LogP contribution is 2.17. The summed E-state index contributed by atoms with van der Waals surface area (Å²) in [6.07, 6.45) is 6.95. The molecule has 0 aromatic carbocycles. The number of allylic oxidation sites excluding steroid dienone is 6. The summed E-state index contributed by atoms with van der Waals surface area (Å²) in [5.41, 5.74) is 3.60. The fourth-order valence-electron chi connectivity index (χ4n) is 0.995. The fraction of sp³-hybridized carbons (Fsp3) is 0.333. The van der Waals surface area contributed by atoms with Gasteiger partial charge in [0.05, 0.1) is 0 Å². The van der Waals surface area contributed by atoms with Crippen LogP contribution in [0.1, 0.15) is 27.2 Å². The van der Waals surface area contributed by atoms with Gasteiger partial charge < -0.3 is 0 Å². The number of rotatable bonds is 4. The molecule has 0 aliphatic carbocycles. The smallest absolute Gasteiger partial charge is 0.0234 e. The largest absolute Gasteiger partial charge is 0.0985 e. The molecule has 0 aliphatic heterocycles. The van der Waals surface area contributed by atoms with Crippen molar-refractivity contribution < 1.29 is 0 Å². The van der Waals surface area contributed by atoms with Crippen LogP contribution in [0.4, 0.5) is 0 Å². The quantitative estimate of drug-likeness (QED) is 0.547. The molecule has 0 saturated heterocycles. The maximum atomic E-state index is 3.98. The minimum Gasteiger partial charge on any atom is -0.0985 e. The lowest BCUT2D eigenvalue weighted by molar-refractivity contribution is 1.11. The summed E-state index contributed by atoms with van der Waals surface area (Å²) in [4.78, 5) is 0. The van der Waals surface area contributed by atoms with Gasteiger partial charge in [-0.15, -0.1) is 0 Å². The van der Waals surface area contributed by atoms with Crippen LogP contribution < -0.4 is 0 Å². The van der Waals surface area contributed by atoms with Crippen molar-refractivity contribution in [3.05, 3.63) is 48.1 Å². The Morgan fingerprint density at radius 2 is 2.00 bits per heavy atom. The second-order valence-electron chi connectivity index (χ2n) is 2.74. The molecule has 0 fully saturated rings. The molecule has 0 heterocycles. The molecule has 0 atom stereocenters. The summed E-state index contributed by atoms with van der Waals surface area (Å²) in [7, 11) is 0. The van der Waals surface area contributed by atoms with Crippen molar-refractivity contribution in [1.29, 1.82) is 0 Å². The Bertz CT molecular complexity index is 226. The molecular formula is C12H18. The van der Waals surface area contributed by atoms with E-state index in [4.69, 9.17) is 0 Å². The summed E-state index contributed by atoms with van der Waals surface area (Å²) in [6.45, 7) is 14.0. The first-order valence-corrected chi connectivity index (χ1v) is 4.31. The lowest BCUT2D eigenvalue weighted by Gasteiger charge is -2.05. The van der Waals surface area contributed by atoms with Gasteiger partial charge >= 0.3 is 0 Å².